The quantitative estimate of drug-likeness (QED) is 0.743. The minimum atomic E-state index is -0.211. The molecule has 2 aromatic heterocycles. The number of aromatic nitrogens is 2. The molecule has 0 saturated heterocycles. The van der Waals surface area contributed by atoms with Gasteiger partial charge in [-0.15, -0.1) is 0 Å². The van der Waals surface area contributed by atoms with E-state index in [9.17, 15) is 4.79 Å². The van der Waals surface area contributed by atoms with Crippen LogP contribution in [0.1, 0.15) is 19.0 Å². The number of carbonyl (C=O) groups excluding carboxylic acids is 1. The molecule has 0 aromatic carbocycles. The number of hydrogen-bond donors (Lipinski definition) is 0. The molecule has 102 valence electrons. The predicted molar refractivity (Wildman–Crippen MR) is 72.8 cm³/mol. The zero-order valence-electron chi connectivity index (χ0n) is 11.4. The van der Waals surface area contributed by atoms with Crippen molar-refractivity contribution in [2.45, 2.75) is 19.9 Å². The first kappa shape index (κ1) is 13.5. The lowest BCUT2D eigenvalue weighted by Gasteiger charge is -2.18. The van der Waals surface area contributed by atoms with Gasteiger partial charge in [0.1, 0.15) is 5.65 Å². The van der Waals surface area contributed by atoms with Crippen LogP contribution in [0.3, 0.4) is 0 Å². The van der Waals surface area contributed by atoms with Crippen LogP contribution >= 0.6 is 0 Å². The zero-order chi connectivity index (χ0) is 13.7. The van der Waals surface area contributed by atoms with Crippen LogP contribution in [0.25, 0.3) is 5.65 Å². The van der Waals surface area contributed by atoms with E-state index in [1.807, 2.05) is 39.9 Å². The summed E-state index contributed by atoms with van der Waals surface area (Å²) in [6, 6.07) is 5.90. The summed E-state index contributed by atoms with van der Waals surface area (Å²) in [5.74, 6) is -0.211. The van der Waals surface area contributed by atoms with Crippen LogP contribution in [0.5, 0.6) is 0 Å². The van der Waals surface area contributed by atoms with Crippen LogP contribution in [0, 0.1) is 0 Å². The Labute approximate surface area is 112 Å². The summed E-state index contributed by atoms with van der Waals surface area (Å²) in [6.07, 6.45) is 4.95. The van der Waals surface area contributed by atoms with Gasteiger partial charge in [-0.3, -0.25) is 9.69 Å². The lowest BCUT2D eigenvalue weighted by molar-refractivity contribution is -0.142. The van der Waals surface area contributed by atoms with Crippen molar-refractivity contribution in [2.75, 3.05) is 20.2 Å². The van der Waals surface area contributed by atoms with E-state index in [-0.39, 0.29) is 5.97 Å². The largest absolute Gasteiger partial charge is 0.468 e. The molecule has 2 aromatic rings. The van der Waals surface area contributed by atoms with Gasteiger partial charge >= 0.3 is 5.97 Å². The molecule has 19 heavy (non-hydrogen) atoms. The van der Waals surface area contributed by atoms with E-state index in [1.165, 1.54) is 7.11 Å². The van der Waals surface area contributed by atoms with Crippen molar-refractivity contribution >= 4 is 11.6 Å². The summed E-state index contributed by atoms with van der Waals surface area (Å²) < 4.78 is 6.70. The molecule has 0 atom stereocenters. The summed E-state index contributed by atoms with van der Waals surface area (Å²) >= 11 is 0. The molecule has 0 spiro atoms. The van der Waals surface area contributed by atoms with Crippen molar-refractivity contribution in [2.24, 2.45) is 0 Å². The molecule has 2 rings (SSSR count). The van der Waals surface area contributed by atoms with Crippen molar-refractivity contribution < 1.29 is 9.53 Å². The highest BCUT2D eigenvalue weighted by Crippen LogP contribution is 2.08. The second-order valence-corrected chi connectivity index (χ2v) is 4.49. The number of carbonyl (C=O) groups is 1. The van der Waals surface area contributed by atoms with E-state index < -0.39 is 0 Å². The van der Waals surface area contributed by atoms with E-state index in [4.69, 9.17) is 4.74 Å². The summed E-state index contributed by atoms with van der Waals surface area (Å²) in [4.78, 5) is 18.0. The van der Waals surface area contributed by atoms with Crippen molar-refractivity contribution in [3.8, 4) is 0 Å². The topological polar surface area (TPSA) is 46.8 Å². The number of fused-ring (bicyclic) bond motifs is 1. The van der Waals surface area contributed by atoms with E-state index >= 15 is 0 Å². The molecule has 0 aliphatic rings. The number of rotatable bonds is 6. The Hall–Kier alpha value is -1.88. The third-order valence-electron chi connectivity index (χ3n) is 2.92. The van der Waals surface area contributed by atoms with E-state index in [0.717, 1.165) is 24.3 Å². The fourth-order valence-electron chi connectivity index (χ4n) is 2.07. The molecule has 0 saturated carbocycles. The van der Waals surface area contributed by atoms with Gasteiger partial charge in [0, 0.05) is 18.9 Å². The number of imidazole rings is 1. The van der Waals surface area contributed by atoms with Gasteiger partial charge in [0.25, 0.3) is 0 Å². The molecule has 0 radical (unpaired) electrons. The van der Waals surface area contributed by atoms with Gasteiger partial charge in [0.05, 0.1) is 19.3 Å². The molecular weight excluding hydrogens is 242 g/mol. The Balaban J connectivity index is 2.09. The summed E-state index contributed by atoms with van der Waals surface area (Å²) in [6.45, 7) is 3.90. The van der Waals surface area contributed by atoms with Crippen molar-refractivity contribution in [1.82, 2.24) is 14.3 Å². The molecule has 0 aliphatic carbocycles. The fourth-order valence-corrected chi connectivity index (χ4v) is 2.07. The minimum Gasteiger partial charge on any atom is -0.468 e. The van der Waals surface area contributed by atoms with Gasteiger partial charge in [0.2, 0.25) is 0 Å². The number of methoxy groups -OCH3 is 1. The van der Waals surface area contributed by atoms with Crippen LogP contribution in [0.4, 0.5) is 0 Å². The molecule has 0 amide bonds. The van der Waals surface area contributed by atoms with Crippen LogP contribution in [0.15, 0.2) is 30.6 Å². The van der Waals surface area contributed by atoms with Crippen molar-refractivity contribution in [3.63, 3.8) is 0 Å². The predicted octanol–water partition coefficient (Wildman–Crippen LogP) is 1.72. The maximum atomic E-state index is 11.4. The normalized spacial score (nSPS) is 11.1. The highest BCUT2D eigenvalue weighted by Gasteiger charge is 2.12. The SMILES string of the molecule is CCCN(CC(=O)OC)Cc1cn2ccccc2n1. The average Bonchev–Trinajstić information content (AvgIpc) is 2.80. The van der Waals surface area contributed by atoms with Gasteiger partial charge < -0.3 is 9.14 Å². The Kier molecular flexibility index (Phi) is 4.52. The molecule has 0 fully saturated rings. The Bertz CT molecular complexity index is 517. The standard InChI is InChI=1S/C14H19N3O2/c1-3-7-16(11-14(18)19-2)9-12-10-17-8-5-4-6-13(17)15-12/h4-6,8,10H,3,7,9,11H2,1-2H3. The number of pyridine rings is 1. The van der Waals surface area contributed by atoms with Gasteiger partial charge in [-0.1, -0.05) is 13.0 Å². The first-order chi connectivity index (χ1) is 9.22. The monoisotopic (exact) mass is 261 g/mol. The third kappa shape index (κ3) is 3.54. The average molecular weight is 261 g/mol. The van der Waals surface area contributed by atoms with E-state index in [1.54, 1.807) is 0 Å². The highest BCUT2D eigenvalue weighted by atomic mass is 16.5. The van der Waals surface area contributed by atoms with Gasteiger partial charge in [-0.2, -0.15) is 0 Å². The molecule has 0 bridgehead atoms. The second-order valence-electron chi connectivity index (χ2n) is 4.49. The maximum Gasteiger partial charge on any atom is 0.319 e. The first-order valence-electron chi connectivity index (χ1n) is 6.44. The summed E-state index contributed by atoms with van der Waals surface area (Å²) in [5.41, 5.74) is 1.88. The fraction of sp³-hybridized carbons (Fsp3) is 0.429. The van der Waals surface area contributed by atoms with Gasteiger partial charge in [0.15, 0.2) is 0 Å². The third-order valence-corrected chi connectivity index (χ3v) is 2.92. The molecule has 5 nitrogen and oxygen atoms in total. The van der Waals surface area contributed by atoms with Crippen LogP contribution in [-0.2, 0) is 16.1 Å². The van der Waals surface area contributed by atoms with E-state index in [0.29, 0.717) is 13.1 Å². The number of hydrogen-bond acceptors (Lipinski definition) is 4. The number of ether oxygens (including phenoxy) is 1. The van der Waals surface area contributed by atoms with Crippen molar-refractivity contribution in [1.29, 1.82) is 0 Å². The Morgan fingerprint density at radius 2 is 2.32 bits per heavy atom. The molecule has 5 heteroatoms. The molecule has 2 heterocycles. The molecule has 0 aliphatic heterocycles. The zero-order valence-corrected chi connectivity index (χ0v) is 11.4. The Morgan fingerprint density at radius 1 is 1.47 bits per heavy atom. The lowest BCUT2D eigenvalue weighted by atomic mass is 10.3. The van der Waals surface area contributed by atoms with Crippen LogP contribution < -0.4 is 0 Å². The molecular formula is C14H19N3O2. The summed E-state index contributed by atoms with van der Waals surface area (Å²) in [5, 5.41) is 0. The molecule has 0 N–H and O–H groups in total. The van der Waals surface area contributed by atoms with Crippen LogP contribution in [0.2, 0.25) is 0 Å². The van der Waals surface area contributed by atoms with Crippen molar-refractivity contribution in [3.05, 3.63) is 36.3 Å². The van der Waals surface area contributed by atoms with Gasteiger partial charge in [-0.25, -0.2) is 4.98 Å². The smallest absolute Gasteiger partial charge is 0.319 e. The summed E-state index contributed by atoms with van der Waals surface area (Å²) in [7, 11) is 1.41. The highest BCUT2D eigenvalue weighted by molar-refractivity contribution is 5.71. The number of esters is 1. The van der Waals surface area contributed by atoms with Crippen LogP contribution in [-0.4, -0.2) is 40.5 Å². The number of nitrogens with zero attached hydrogens (tertiary/aromatic N) is 3. The second kappa shape index (κ2) is 6.33. The first-order valence-corrected chi connectivity index (χ1v) is 6.44. The lowest BCUT2D eigenvalue weighted by Crippen LogP contribution is -2.31. The van der Waals surface area contributed by atoms with E-state index in [2.05, 4.69) is 11.9 Å². The Morgan fingerprint density at radius 3 is 3.00 bits per heavy atom. The van der Waals surface area contributed by atoms with Gasteiger partial charge in [-0.05, 0) is 25.1 Å². The minimum absolute atomic E-state index is 0.211. The molecule has 0 unspecified atom stereocenters. The maximum absolute atomic E-state index is 11.4.